The number of pyridine rings is 1. The molecule has 3 aromatic heterocycles. The number of carbonyl (C=O) groups is 1. The zero-order chi connectivity index (χ0) is 34.0. The van der Waals surface area contributed by atoms with E-state index in [1.165, 1.54) is 6.20 Å². The van der Waals surface area contributed by atoms with Crippen molar-refractivity contribution in [2.75, 3.05) is 50.1 Å². The molecule has 11 nitrogen and oxygen atoms in total. The van der Waals surface area contributed by atoms with Gasteiger partial charge in [-0.3, -0.25) is 15.2 Å². The largest absolute Gasteiger partial charge is 0.461 e. The van der Waals surface area contributed by atoms with Gasteiger partial charge in [-0.25, -0.2) is 27.3 Å². The number of amides is 1. The maximum atomic E-state index is 16.7. The second-order valence-corrected chi connectivity index (χ2v) is 14.7. The molecule has 1 aromatic carbocycles. The van der Waals surface area contributed by atoms with E-state index in [2.05, 4.69) is 35.5 Å². The summed E-state index contributed by atoms with van der Waals surface area (Å²) < 4.78 is 73.0. The fourth-order valence-electron chi connectivity index (χ4n) is 7.00. The van der Waals surface area contributed by atoms with Gasteiger partial charge in [0.25, 0.3) is 0 Å². The molecule has 0 bridgehead atoms. The molecule has 48 heavy (non-hydrogen) atoms. The van der Waals surface area contributed by atoms with Crippen molar-refractivity contribution < 1.29 is 31.8 Å². The van der Waals surface area contributed by atoms with Crippen LogP contribution in [0.4, 0.5) is 33.3 Å². The molecule has 1 amide bonds. The number of thiazole rings is 1. The minimum Gasteiger partial charge on any atom is -0.461 e. The molecule has 0 aliphatic carbocycles. The highest BCUT2D eigenvalue weighted by molar-refractivity contribution is 7.22. The standard InChI is InChI=1S/C32H36F4N8O3S/c1-31(2,3)47-30(45)42-29-40-25-21(19(34)10-20(35)26(25)48-29)24-22(36)23-18(13-38-24)27(43(4)17-6-8-37-12-17)41-28(39-23)46-15-32-7-5-9-44(32)14-16(33)11-32/h10,13,16-17,37H,5-9,11-12,14-15H2,1-4H3,(H,40,42,45)/t16-,17-,32+/m1/s1. The first-order valence-corrected chi connectivity index (χ1v) is 16.7. The highest BCUT2D eigenvalue weighted by atomic mass is 32.1. The van der Waals surface area contributed by atoms with Gasteiger partial charge in [-0.2, -0.15) is 9.97 Å². The summed E-state index contributed by atoms with van der Waals surface area (Å²) in [6.45, 7) is 7.77. The Kier molecular flexibility index (Phi) is 8.31. The Morgan fingerprint density at radius 2 is 2.02 bits per heavy atom. The van der Waals surface area contributed by atoms with Crippen molar-refractivity contribution in [1.29, 1.82) is 0 Å². The molecule has 4 aromatic rings. The molecule has 6 heterocycles. The monoisotopic (exact) mass is 688 g/mol. The quantitative estimate of drug-likeness (QED) is 0.230. The number of hydrogen-bond donors (Lipinski definition) is 2. The van der Waals surface area contributed by atoms with Crippen LogP contribution in [0.2, 0.25) is 0 Å². The number of nitrogens with one attached hydrogen (secondary N) is 2. The number of nitrogens with zero attached hydrogens (tertiary/aromatic N) is 6. The maximum absolute atomic E-state index is 16.7. The van der Waals surface area contributed by atoms with Crippen LogP contribution >= 0.6 is 11.3 Å². The van der Waals surface area contributed by atoms with E-state index < -0.39 is 52.1 Å². The van der Waals surface area contributed by atoms with E-state index in [9.17, 15) is 13.6 Å². The lowest BCUT2D eigenvalue weighted by molar-refractivity contribution is 0.0636. The molecular weight excluding hydrogens is 652 g/mol. The van der Waals surface area contributed by atoms with E-state index in [1.807, 2.05) is 11.9 Å². The third kappa shape index (κ3) is 5.98. The van der Waals surface area contributed by atoms with Crippen LogP contribution in [-0.2, 0) is 4.74 Å². The van der Waals surface area contributed by atoms with Gasteiger partial charge < -0.3 is 19.7 Å². The molecule has 256 valence electrons. The van der Waals surface area contributed by atoms with Crippen LogP contribution in [0.3, 0.4) is 0 Å². The number of fused-ring (bicyclic) bond motifs is 3. The van der Waals surface area contributed by atoms with Crippen LogP contribution in [-0.4, -0.2) is 94.1 Å². The van der Waals surface area contributed by atoms with Gasteiger partial charge in [0.15, 0.2) is 10.9 Å². The van der Waals surface area contributed by atoms with Crippen LogP contribution in [0.5, 0.6) is 6.01 Å². The normalized spacial score (nSPS) is 22.8. The van der Waals surface area contributed by atoms with Crippen LogP contribution < -0.4 is 20.3 Å². The van der Waals surface area contributed by atoms with Gasteiger partial charge >= 0.3 is 12.1 Å². The van der Waals surface area contributed by atoms with Gasteiger partial charge in [0.1, 0.15) is 47.0 Å². The minimum atomic E-state index is -1.10. The van der Waals surface area contributed by atoms with Gasteiger partial charge in [0.05, 0.1) is 26.7 Å². The van der Waals surface area contributed by atoms with Crippen LogP contribution in [0.15, 0.2) is 12.3 Å². The Balaban J connectivity index is 1.31. The Morgan fingerprint density at radius 1 is 1.21 bits per heavy atom. The molecule has 3 atom stereocenters. The summed E-state index contributed by atoms with van der Waals surface area (Å²) in [5.74, 6) is -2.63. The fourth-order valence-corrected chi connectivity index (χ4v) is 7.87. The maximum Gasteiger partial charge on any atom is 0.413 e. The minimum absolute atomic E-state index is 0.0461. The first kappa shape index (κ1) is 32.6. The second-order valence-electron chi connectivity index (χ2n) is 13.7. The van der Waals surface area contributed by atoms with Crippen molar-refractivity contribution in [3.05, 3.63) is 29.7 Å². The van der Waals surface area contributed by atoms with Gasteiger partial charge in [-0.1, -0.05) is 11.3 Å². The van der Waals surface area contributed by atoms with Crippen molar-refractivity contribution in [1.82, 2.24) is 30.2 Å². The Morgan fingerprint density at radius 3 is 2.77 bits per heavy atom. The van der Waals surface area contributed by atoms with Crippen molar-refractivity contribution in [3.8, 4) is 17.3 Å². The van der Waals surface area contributed by atoms with Crippen molar-refractivity contribution >= 4 is 49.5 Å². The number of likely N-dealkylation sites (N-methyl/N-ethyl adjacent to an activating group) is 1. The summed E-state index contributed by atoms with van der Waals surface area (Å²) >= 11 is 0.750. The summed E-state index contributed by atoms with van der Waals surface area (Å²) in [4.78, 5) is 34.0. The predicted octanol–water partition coefficient (Wildman–Crippen LogP) is 5.82. The fraction of sp³-hybridized carbons (Fsp3) is 0.531. The summed E-state index contributed by atoms with van der Waals surface area (Å²) in [5, 5.41) is 5.95. The van der Waals surface area contributed by atoms with Gasteiger partial charge in [0, 0.05) is 44.9 Å². The van der Waals surface area contributed by atoms with E-state index in [0.29, 0.717) is 31.4 Å². The van der Waals surface area contributed by atoms with Crippen LogP contribution in [0.1, 0.15) is 46.5 Å². The molecule has 3 saturated heterocycles. The van der Waals surface area contributed by atoms with E-state index >= 15 is 8.78 Å². The zero-order valence-corrected chi connectivity index (χ0v) is 27.8. The van der Waals surface area contributed by atoms with Crippen molar-refractivity contribution in [3.63, 3.8) is 0 Å². The molecule has 7 rings (SSSR count). The first-order valence-electron chi connectivity index (χ1n) is 15.9. The summed E-state index contributed by atoms with van der Waals surface area (Å²) in [7, 11) is 1.84. The summed E-state index contributed by atoms with van der Waals surface area (Å²) in [6.07, 6.45) is 2.41. The highest BCUT2D eigenvalue weighted by Crippen LogP contribution is 2.42. The number of hydrogen-bond acceptors (Lipinski definition) is 11. The van der Waals surface area contributed by atoms with Crippen molar-refractivity contribution in [2.45, 2.75) is 69.8 Å². The molecule has 0 saturated carbocycles. The summed E-state index contributed by atoms with van der Waals surface area (Å²) in [5.41, 5.74) is -2.54. The smallest absolute Gasteiger partial charge is 0.413 e. The van der Waals surface area contributed by atoms with E-state index in [-0.39, 0.29) is 44.9 Å². The average Bonchev–Trinajstić information content (AvgIpc) is 3.80. The highest BCUT2D eigenvalue weighted by Gasteiger charge is 2.49. The molecule has 16 heteroatoms. The Hall–Kier alpha value is -3.89. The number of anilines is 2. The van der Waals surface area contributed by atoms with E-state index in [1.54, 1.807) is 20.8 Å². The topological polar surface area (TPSA) is 118 Å². The molecule has 0 unspecified atom stereocenters. The van der Waals surface area contributed by atoms with Crippen LogP contribution in [0, 0.1) is 17.5 Å². The molecule has 2 N–H and O–H groups in total. The third-order valence-corrected chi connectivity index (χ3v) is 10.2. The number of benzene rings is 1. The number of carbonyl (C=O) groups excluding carboxylic acids is 1. The number of alkyl halides is 1. The zero-order valence-electron chi connectivity index (χ0n) is 27.0. The molecule has 3 aliphatic heterocycles. The van der Waals surface area contributed by atoms with E-state index in [0.717, 1.165) is 43.7 Å². The first-order chi connectivity index (χ1) is 22.8. The van der Waals surface area contributed by atoms with Gasteiger partial charge in [-0.05, 0) is 53.1 Å². The molecular formula is C32H36F4N8O3S. The van der Waals surface area contributed by atoms with E-state index in [4.69, 9.17) is 9.47 Å². The number of aromatic nitrogens is 4. The number of ether oxygens (including phenoxy) is 2. The van der Waals surface area contributed by atoms with Gasteiger partial charge in [-0.15, -0.1) is 0 Å². The van der Waals surface area contributed by atoms with Crippen molar-refractivity contribution in [2.24, 2.45) is 0 Å². The lowest BCUT2D eigenvalue weighted by atomic mass is 9.95. The Bertz CT molecular complexity index is 1900. The second kappa shape index (κ2) is 12.2. The molecule has 0 spiro atoms. The molecule has 3 aliphatic rings. The van der Waals surface area contributed by atoms with Gasteiger partial charge in [0.2, 0.25) is 0 Å². The van der Waals surface area contributed by atoms with Crippen LogP contribution in [0.25, 0.3) is 32.4 Å². The number of halogens is 4. The lowest BCUT2D eigenvalue weighted by Crippen LogP contribution is -2.43. The molecule has 0 radical (unpaired) electrons. The molecule has 3 fully saturated rings. The third-order valence-electron chi connectivity index (χ3n) is 9.21. The predicted molar refractivity (Wildman–Crippen MR) is 174 cm³/mol. The number of rotatable bonds is 7. The average molecular weight is 689 g/mol. The SMILES string of the molecule is CN(c1nc(OC[C@@]23CCCN2C[C@H](F)C3)nc2c(F)c(-c3c(F)cc(F)c4sc(NC(=O)OC(C)(C)C)nc34)ncc12)[C@@H]1CCNC1. The lowest BCUT2D eigenvalue weighted by Gasteiger charge is -2.31. The summed E-state index contributed by atoms with van der Waals surface area (Å²) in [6, 6.07) is 0.577. The Labute approximate surface area is 278 Å².